The molecule has 1 unspecified atom stereocenters. The number of hydrogen-bond acceptors (Lipinski definition) is 1. The van der Waals surface area contributed by atoms with Crippen molar-refractivity contribution in [3.05, 3.63) is 29.8 Å². The van der Waals surface area contributed by atoms with Crippen molar-refractivity contribution in [1.29, 1.82) is 0 Å². The van der Waals surface area contributed by atoms with E-state index in [4.69, 9.17) is 13.6 Å². The maximum atomic E-state index is 5.62. The maximum Gasteiger partial charge on any atom is 0.113 e. The van der Waals surface area contributed by atoms with Gasteiger partial charge in [-0.15, -0.1) is 0 Å². The largest absolute Gasteiger partial charge is 0.330 e. The van der Waals surface area contributed by atoms with E-state index in [0.717, 1.165) is 24.8 Å². The van der Waals surface area contributed by atoms with E-state index in [-0.39, 0.29) is 0 Å². The molecule has 0 fully saturated rings. The van der Waals surface area contributed by atoms with E-state index in [0.29, 0.717) is 5.92 Å². The van der Waals surface area contributed by atoms with Crippen LogP contribution in [0.1, 0.15) is 31.2 Å². The Kier molecular flexibility index (Phi) is 4.03. The molecule has 0 heterocycles. The maximum absolute atomic E-state index is 5.62. The van der Waals surface area contributed by atoms with Crippen LogP contribution in [0.25, 0.3) is 0 Å². The highest BCUT2D eigenvalue weighted by atomic mass is 14.5. The second-order valence-electron chi connectivity index (χ2n) is 3.35. The smallest absolute Gasteiger partial charge is 0.113 e. The first-order valence-electron chi connectivity index (χ1n) is 4.83. The van der Waals surface area contributed by atoms with Crippen molar-refractivity contribution in [1.82, 2.24) is 0 Å². The van der Waals surface area contributed by atoms with E-state index in [1.54, 1.807) is 0 Å². The molecule has 1 atom stereocenters. The molecular weight excluding hydrogens is 157 g/mol. The van der Waals surface area contributed by atoms with Gasteiger partial charge in [0, 0.05) is 0 Å². The van der Waals surface area contributed by atoms with Crippen molar-refractivity contribution < 1.29 is 0 Å². The number of nitrogens with two attached hydrogens (primary N) is 1. The molecule has 13 heavy (non-hydrogen) atoms. The van der Waals surface area contributed by atoms with Crippen LogP contribution in [0.2, 0.25) is 0 Å². The number of benzene rings is 1. The second kappa shape index (κ2) is 5.08. The summed E-state index contributed by atoms with van der Waals surface area (Å²) in [5.41, 5.74) is 7.72. The molecule has 0 bridgehead atoms. The third-order valence-electron chi connectivity index (χ3n) is 2.42. The van der Waals surface area contributed by atoms with E-state index in [9.17, 15) is 0 Å². The third kappa shape index (κ3) is 2.89. The Morgan fingerprint density at radius 3 is 2.38 bits per heavy atom. The Labute approximate surface area is 81.7 Å². The van der Waals surface area contributed by atoms with Crippen LogP contribution in [0.4, 0.5) is 0 Å². The zero-order valence-corrected chi connectivity index (χ0v) is 8.16. The summed E-state index contributed by atoms with van der Waals surface area (Å²) in [5.74, 6) is 0.589. The van der Waals surface area contributed by atoms with Crippen molar-refractivity contribution in [2.45, 2.75) is 25.7 Å². The minimum Gasteiger partial charge on any atom is -0.330 e. The second-order valence-corrected chi connectivity index (χ2v) is 3.35. The van der Waals surface area contributed by atoms with E-state index in [1.807, 2.05) is 12.1 Å². The van der Waals surface area contributed by atoms with Crippen LogP contribution < -0.4 is 11.2 Å². The molecule has 0 saturated heterocycles. The molecule has 2 heteroatoms. The van der Waals surface area contributed by atoms with Crippen molar-refractivity contribution in [3.63, 3.8) is 0 Å². The fourth-order valence-electron chi connectivity index (χ4n) is 1.58. The summed E-state index contributed by atoms with van der Waals surface area (Å²) >= 11 is 0. The first-order valence-corrected chi connectivity index (χ1v) is 4.83. The number of rotatable bonds is 4. The third-order valence-corrected chi connectivity index (χ3v) is 2.42. The molecule has 1 nitrogen and oxygen atoms in total. The molecule has 1 rings (SSSR count). The molecule has 1 aromatic carbocycles. The van der Waals surface area contributed by atoms with Crippen LogP contribution in [0.5, 0.6) is 0 Å². The average Bonchev–Trinajstić information content (AvgIpc) is 2.16. The van der Waals surface area contributed by atoms with Gasteiger partial charge in [0.05, 0.1) is 0 Å². The van der Waals surface area contributed by atoms with E-state index < -0.39 is 0 Å². The molecule has 0 amide bonds. The summed E-state index contributed by atoms with van der Waals surface area (Å²) in [6.07, 6.45) is 2.20. The van der Waals surface area contributed by atoms with Crippen molar-refractivity contribution in [2.24, 2.45) is 5.73 Å². The van der Waals surface area contributed by atoms with Crippen LogP contribution in [-0.2, 0) is 0 Å². The molecule has 0 aliphatic carbocycles. The van der Waals surface area contributed by atoms with Gasteiger partial charge in [-0.2, -0.15) is 0 Å². The van der Waals surface area contributed by atoms with Gasteiger partial charge in [-0.1, -0.05) is 36.7 Å². The van der Waals surface area contributed by atoms with E-state index in [1.165, 1.54) is 5.56 Å². The van der Waals surface area contributed by atoms with Crippen LogP contribution >= 0.6 is 0 Å². The highest BCUT2D eigenvalue weighted by Gasteiger charge is 2.06. The molecule has 0 spiro atoms. The summed E-state index contributed by atoms with van der Waals surface area (Å²) in [5, 5.41) is 0. The van der Waals surface area contributed by atoms with Crippen LogP contribution in [0, 0.1) is 0 Å². The average molecular weight is 173 g/mol. The molecule has 0 aromatic heterocycles. The van der Waals surface area contributed by atoms with Gasteiger partial charge in [-0.25, -0.2) is 0 Å². The summed E-state index contributed by atoms with van der Waals surface area (Å²) in [4.78, 5) is 0. The molecule has 2 N–H and O–H groups in total. The summed E-state index contributed by atoms with van der Waals surface area (Å²) in [6, 6.07) is 8.10. The summed E-state index contributed by atoms with van der Waals surface area (Å²) < 4.78 is 0. The fraction of sp³-hybridized carbons (Fsp3) is 0.455. The van der Waals surface area contributed by atoms with Crippen molar-refractivity contribution >= 4 is 13.3 Å². The molecule has 68 valence electrons. The first kappa shape index (κ1) is 10.3. The molecule has 2 radical (unpaired) electrons. The minimum atomic E-state index is 0.589. The highest BCUT2D eigenvalue weighted by molar-refractivity contribution is 6.32. The van der Waals surface area contributed by atoms with Crippen LogP contribution in [0.3, 0.4) is 0 Å². The van der Waals surface area contributed by atoms with Gasteiger partial charge in [0.25, 0.3) is 0 Å². The van der Waals surface area contributed by atoms with E-state index in [2.05, 4.69) is 19.1 Å². The monoisotopic (exact) mass is 173 g/mol. The quantitative estimate of drug-likeness (QED) is 0.682. The normalized spacial score (nSPS) is 12.8. The molecule has 0 aliphatic rings. The zero-order valence-electron chi connectivity index (χ0n) is 8.16. The first-order chi connectivity index (χ1) is 6.27. The Bertz CT molecular complexity index is 243. The van der Waals surface area contributed by atoms with Gasteiger partial charge in [0.1, 0.15) is 7.85 Å². The summed E-state index contributed by atoms with van der Waals surface area (Å²) in [7, 11) is 5.62. The van der Waals surface area contributed by atoms with E-state index >= 15 is 0 Å². The van der Waals surface area contributed by atoms with Crippen molar-refractivity contribution in [2.75, 3.05) is 6.54 Å². The topological polar surface area (TPSA) is 26.0 Å². The lowest BCUT2D eigenvalue weighted by Crippen LogP contribution is -2.08. The molecular formula is C11H16BN. The lowest BCUT2D eigenvalue weighted by atomic mass is 9.89. The number of hydrogen-bond donors (Lipinski definition) is 1. The van der Waals surface area contributed by atoms with Crippen LogP contribution in [0.15, 0.2) is 24.3 Å². The van der Waals surface area contributed by atoms with Gasteiger partial charge < -0.3 is 5.73 Å². The van der Waals surface area contributed by atoms with Gasteiger partial charge in [0.15, 0.2) is 0 Å². The molecule has 1 aromatic rings. The van der Waals surface area contributed by atoms with Gasteiger partial charge in [-0.3, -0.25) is 0 Å². The van der Waals surface area contributed by atoms with Crippen LogP contribution in [-0.4, -0.2) is 14.4 Å². The molecule has 0 saturated carbocycles. The Hall–Kier alpha value is -0.755. The predicted octanol–water partition coefficient (Wildman–Crippen LogP) is 1.32. The van der Waals surface area contributed by atoms with Gasteiger partial charge in [0.2, 0.25) is 0 Å². The summed E-state index contributed by atoms with van der Waals surface area (Å²) in [6.45, 7) is 2.94. The van der Waals surface area contributed by atoms with Crippen molar-refractivity contribution in [3.8, 4) is 0 Å². The lowest BCUT2D eigenvalue weighted by molar-refractivity contribution is 0.614. The lowest BCUT2D eigenvalue weighted by Gasteiger charge is -2.14. The SMILES string of the molecule is [B]c1ccc(C(CC)CCN)cc1. The zero-order chi connectivity index (χ0) is 9.68. The Morgan fingerprint density at radius 2 is 1.92 bits per heavy atom. The van der Waals surface area contributed by atoms with Gasteiger partial charge in [-0.05, 0) is 30.9 Å². The Morgan fingerprint density at radius 1 is 1.31 bits per heavy atom. The predicted molar refractivity (Wildman–Crippen MR) is 58.5 cm³/mol. The van der Waals surface area contributed by atoms with Gasteiger partial charge >= 0.3 is 0 Å². The highest BCUT2D eigenvalue weighted by Crippen LogP contribution is 2.21. The fourth-order valence-corrected chi connectivity index (χ4v) is 1.58. The minimum absolute atomic E-state index is 0.589. The standard InChI is InChI=1S/C11H16BN/c1-2-9(7-8-13)10-3-5-11(12)6-4-10/h3-6,9H,2,7-8,13H2,1H3. The Balaban J connectivity index is 2.73. The molecule has 0 aliphatic heterocycles.